The largest absolute Gasteiger partial charge is 0.354 e. The summed E-state index contributed by atoms with van der Waals surface area (Å²) in [6.45, 7) is 2.01. The Hall–Kier alpha value is -1.66. The number of benzene rings is 1. The smallest absolute Gasteiger partial charge is 0.220 e. The summed E-state index contributed by atoms with van der Waals surface area (Å²) >= 11 is 1.39. The molecule has 22 heavy (non-hydrogen) atoms. The van der Waals surface area contributed by atoms with Gasteiger partial charge in [-0.3, -0.25) is 4.79 Å². The van der Waals surface area contributed by atoms with Gasteiger partial charge in [0.05, 0.1) is 4.90 Å². The van der Waals surface area contributed by atoms with E-state index in [0.29, 0.717) is 6.42 Å². The lowest BCUT2D eigenvalue weighted by molar-refractivity contribution is -0.121. The van der Waals surface area contributed by atoms with Crippen LogP contribution in [0.5, 0.6) is 0 Å². The summed E-state index contributed by atoms with van der Waals surface area (Å²) in [6, 6.07) is 12.0. The molecule has 1 amide bonds. The first kappa shape index (κ1) is 16.7. The van der Waals surface area contributed by atoms with Crippen LogP contribution in [0.3, 0.4) is 0 Å². The molecule has 1 N–H and O–H groups in total. The zero-order valence-electron chi connectivity index (χ0n) is 12.4. The van der Waals surface area contributed by atoms with Crippen LogP contribution in [-0.2, 0) is 14.6 Å². The minimum absolute atomic E-state index is 0.0938. The van der Waals surface area contributed by atoms with Gasteiger partial charge < -0.3 is 5.32 Å². The van der Waals surface area contributed by atoms with E-state index >= 15 is 0 Å². The van der Waals surface area contributed by atoms with Crippen molar-refractivity contribution < 1.29 is 13.2 Å². The number of amides is 1. The Morgan fingerprint density at radius 2 is 1.91 bits per heavy atom. The van der Waals surface area contributed by atoms with E-state index in [1.165, 1.54) is 11.3 Å². The second-order valence-electron chi connectivity index (χ2n) is 4.92. The van der Waals surface area contributed by atoms with Gasteiger partial charge in [-0.1, -0.05) is 31.2 Å². The number of hydrogen-bond acceptors (Lipinski definition) is 4. The predicted octanol–water partition coefficient (Wildman–Crippen LogP) is 3.18. The Bertz CT molecular complexity index is 694. The van der Waals surface area contributed by atoms with Crippen molar-refractivity contribution in [1.82, 2.24) is 5.32 Å². The van der Waals surface area contributed by atoms with E-state index in [9.17, 15) is 13.2 Å². The Balaban J connectivity index is 2.27. The van der Waals surface area contributed by atoms with Crippen molar-refractivity contribution in [3.05, 3.63) is 52.7 Å². The molecule has 0 bridgehead atoms. The molecular formula is C16H19NO3S2. The number of thiophene rings is 1. The van der Waals surface area contributed by atoms with Crippen LogP contribution in [0, 0.1) is 0 Å². The maximum atomic E-state index is 12.9. The van der Waals surface area contributed by atoms with Crippen molar-refractivity contribution in [2.75, 3.05) is 6.54 Å². The van der Waals surface area contributed by atoms with Crippen LogP contribution in [0.1, 0.15) is 29.9 Å². The third kappa shape index (κ3) is 3.96. The molecule has 1 aromatic carbocycles. The van der Waals surface area contributed by atoms with Crippen LogP contribution in [0.25, 0.3) is 0 Å². The van der Waals surface area contributed by atoms with Crippen molar-refractivity contribution in [3.8, 4) is 0 Å². The van der Waals surface area contributed by atoms with E-state index in [0.717, 1.165) is 11.3 Å². The molecule has 0 fully saturated rings. The van der Waals surface area contributed by atoms with Crippen molar-refractivity contribution >= 4 is 27.1 Å². The minimum atomic E-state index is -3.54. The van der Waals surface area contributed by atoms with Crippen molar-refractivity contribution in [1.29, 1.82) is 0 Å². The fourth-order valence-corrected chi connectivity index (χ4v) is 4.94. The van der Waals surface area contributed by atoms with Gasteiger partial charge in [0.1, 0.15) is 5.25 Å². The number of carbonyl (C=O) groups is 1. The number of carbonyl (C=O) groups excluding carboxylic acids is 1. The normalized spacial score (nSPS) is 12.8. The summed E-state index contributed by atoms with van der Waals surface area (Å²) in [5.41, 5.74) is 0. The van der Waals surface area contributed by atoms with Gasteiger partial charge in [0, 0.05) is 17.8 Å². The van der Waals surface area contributed by atoms with Crippen molar-refractivity contribution in [2.24, 2.45) is 0 Å². The van der Waals surface area contributed by atoms with Gasteiger partial charge in [-0.25, -0.2) is 8.42 Å². The third-order valence-electron chi connectivity index (χ3n) is 3.27. The van der Waals surface area contributed by atoms with E-state index in [-0.39, 0.29) is 17.3 Å². The van der Waals surface area contributed by atoms with Crippen LogP contribution in [0.15, 0.2) is 52.7 Å². The van der Waals surface area contributed by atoms with E-state index in [1.54, 1.807) is 36.4 Å². The fourth-order valence-electron chi connectivity index (χ4n) is 2.13. The van der Waals surface area contributed by atoms with Gasteiger partial charge in [-0.2, -0.15) is 0 Å². The van der Waals surface area contributed by atoms with Crippen LogP contribution < -0.4 is 5.32 Å². The molecule has 0 aliphatic carbocycles. The lowest BCUT2D eigenvalue weighted by atomic mass is 10.3. The molecule has 0 aliphatic heterocycles. The Morgan fingerprint density at radius 3 is 2.50 bits per heavy atom. The quantitative estimate of drug-likeness (QED) is 0.844. The highest BCUT2D eigenvalue weighted by molar-refractivity contribution is 7.91. The molecule has 0 radical (unpaired) electrons. The maximum absolute atomic E-state index is 12.9. The molecule has 0 saturated heterocycles. The van der Waals surface area contributed by atoms with E-state index in [1.807, 2.05) is 18.4 Å². The Morgan fingerprint density at radius 1 is 1.18 bits per heavy atom. The molecule has 2 aromatic rings. The van der Waals surface area contributed by atoms with Gasteiger partial charge >= 0.3 is 0 Å². The van der Waals surface area contributed by atoms with Gasteiger partial charge in [0.25, 0.3) is 0 Å². The lowest BCUT2D eigenvalue weighted by Gasteiger charge is -2.17. The molecule has 1 unspecified atom stereocenters. The monoisotopic (exact) mass is 337 g/mol. The summed E-state index contributed by atoms with van der Waals surface area (Å²) in [4.78, 5) is 12.7. The van der Waals surface area contributed by atoms with Gasteiger partial charge in [0.2, 0.25) is 5.91 Å². The molecule has 118 valence electrons. The first-order valence-corrected chi connectivity index (χ1v) is 9.57. The van der Waals surface area contributed by atoms with Crippen molar-refractivity contribution in [2.45, 2.75) is 29.9 Å². The van der Waals surface area contributed by atoms with Gasteiger partial charge in [-0.05, 0) is 30.0 Å². The average molecular weight is 337 g/mol. The minimum Gasteiger partial charge on any atom is -0.354 e. The van der Waals surface area contributed by atoms with Gasteiger partial charge in [0.15, 0.2) is 9.84 Å². The van der Waals surface area contributed by atoms with Crippen LogP contribution in [-0.4, -0.2) is 20.9 Å². The molecule has 4 nitrogen and oxygen atoms in total. The third-order valence-corrected chi connectivity index (χ3v) is 6.50. The van der Waals surface area contributed by atoms with Crippen LogP contribution >= 0.6 is 11.3 Å². The second-order valence-corrected chi connectivity index (χ2v) is 8.03. The topological polar surface area (TPSA) is 63.2 Å². The molecule has 1 atom stereocenters. The predicted molar refractivity (Wildman–Crippen MR) is 88.6 cm³/mol. The van der Waals surface area contributed by atoms with E-state index in [4.69, 9.17) is 0 Å². The highest BCUT2D eigenvalue weighted by Gasteiger charge is 2.30. The average Bonchev–Trinajstić information content (AvgIpc) is 3.02. The standard InChI is InChI=1S/C16H19NO3S2/c1-2-7-16(18)17-12-15(14-10-6-11-21-14)22(19,20)13-8-4-3-5-9-13/h3-6,8-11,15H,2,7,12H2,1H3,(H,17,18). The molecule has 0 saturated carbocycles. The lowest BCUT2D eigenvalue weighted by Crippen LogP contribution is -2.31. The molecule has 2 rings (SSSR count). The molecule has 1 aromatic heterocycles. The molecular weight excluding hydrogens is 318 g/mol. The second kappa shape index (κ2) is 7.56. The Kier molecular flexibility index (Phi) is 5.74. The summed E-state index contributed by atoms with van der Waals surface area (Å²) in [6.07, 6.45) is 1.14. The number of nitrogens with one attached hydrogen (secondary N) is 1. The SMILES string of the molecule is CCCC(=O)NCC(c1cccs1)S(=O)(=O)c1ccccc1. The van der Waals surface area contributed by atoms with Crippen LogP contribution in [0.4, 0.5) is 0 Å². The summed E-state index contributed by atoms with van der Waals surface area (Å²) in [5, 5.41) is 3.83. The summed E-state index contributed by atoms with van der Waals surface area (Å²) < 4.78 is 25.7. The highest BCUT2D eigenvalue weighted by Crippen LogP contribution is 2.31. The molecule has 0 spiro atoms. The first-order valence-electron chi connectivity index (χ1n) is 7.14. The van der Waals surface area contributed by atoms with E-state index in [2.05, 4.69) is 5.32 Å². The maximum Gasteiger partial charge on any atom is 0.220 e. The molecule has 6 heteroatoms. The zero-order chi connectivity index (χ0) is 16.0. The molecule has 1 heterocycles. The van der Waals surface area contributed by atoms with E-state index < -0.39 is 15.1 Å². The zero-order valence-corrected chi connectivity index (χ0v) is 14.0. The fraction of sp³-hybridized carbons (Fsp3) is 0.312. The number of sulfone groups is 1. The summed E-state index contributed by atoms with van der Waals surface area (Å²) in [5.74, 6) is -0.118. The highest BCUT2D eigenvalue weighted by atomic mass is 32.2. The molecule has 0 aliphatic rings. The Labute approximate surface area is 135 Å². The number of hydrogen-bond donors (Lipinski definition) is 1. The van der Waals surface area contributed by atoms with Gasteiger partial charge in [-0.15, -0.1) is 11.3 Å². The first-order chi connectivity index (χ1) is 10.6. The number of rotatable bonds is 7. The van der Waals surface area contributed by atoms with Crippen LogP contribution in [0.2, 0.25) is 0 Å². The summed E-state index contributed by atoms with van der Waals surface area (Å²) in [7, 11) is -3.54. The van der Waals surface area contributed by atoms with Crippen molar-refractivity contribution in [3.63, 3.8) is 0 Å².